The van der Waals surface area contributed by atoms with Gasteiger partial charge in [-0.25, -0.2) is 9.78 Å². The van der Waals surface area contributed by atoms with Gasteiger partial charge in [-0.2, -0.15) is 0 Å². The minimum atomic E-state index is -0.110. The van der Waals surface area contributed by atoms with Gasteiger partial charge in [0, 0.05) is 38.1 Å². The zero-order valence-corrected chi connectivity index (χ0v) is 17.6. The number of ether oxygens (including phenoxy) is 1. The van der Waals surface area contributed by atoms with Crippen LogP contribution in [0.5, 0.6) is 5.75 Å². The van der Waals surface area contributed by atoms with E-state index in [1.165, 1.54) is 0 Å². The van der Waals surface area contributed by atoms with Gasteiger partial charge in [0.05, 0.1) is 7.11 Å². The molecule has 2 aromatic heterocycles. The Morgan fingerprint density at radius 3 is 2.39 bits per heavy atom. The van der Waals surface area contributed by atoms with E-state index in [1.54, 1.807) is 18.2 Å². The molecule has 0 unspecified atom stereocenters. The summed E-state index contributed by atoms with van der Waals surface area (Å²) >= 11 is 0. The van der Waals surface area contributed by atoms with E-state index in [4.69, 9.17) is 4.74 Å². The number of anilines is 4. The number of carbonyl (C=O) groups excluding carboxylic acids is 1. The minimum Gasteiger partial charge on any atom is -0.497 e. The average molecular weight is 419 g/mol. The SMILES string of the molecule is COc1ccc(NC(=O)N2CCN(c3ccc(Nc4cc(C)ccn4)nn3)CC2)cc1. The third-order valence-corrected chi connectivity index (χ3v) is 5.05. The molecule has 0 bridgehead atoms. The zero-order chi connectivity index (χ0) is 21.6. The second-order valence-electron chi connectivity index (χ2n) is 7.25. The van der Waals surface area contributed by atoms with Crippen LogP contribution in [0, 0.1) is 6.92 Å². The molecule has 0 aliphatic carbocycles. The molecule has 1 aliphatic rings. The number of urea groups is 1. The van der Waals surface area contributed by atoms with Gasteiger partial charge >= 0.3 is 6.03 Å². The zero-order valence-electron chi connectivity index (χ0n) is 17.6. The molecular formula is C22H25N7O2. The van der Waals surface area contributed by atoms with Crippen LogP contribution < -0.4 is 20.3 Å². The predicted octanol–water partition coefficient (Wildman–Crippen LogP) is 3.29. The van der Waals surface area contributed by atoms with E-state index < -0.39 is 0 Å². The molecule has 2 amide bonds. The predicted molar refractivity (Wildman–Crippen MR) is 120 cm³/mol. The lowest BCUT2D eigenvalue weighted by molar-refractivity contribution is 0.208. The van der Waals surface area contributed by atoms with Crippen molar-refractivity contribution in [3.63, 3.8) is 0 Å². The Balaban J connectivity index is 1.29. The van der Waals surface area contributed by atoms with Gasteiger partial charge in [-0.3, -0.25) is 0 Å². The Kier molecular flexibility index (Phi) is 6.11. The van der Waals surface area contributed by atoms with Crippen molar-refractivity contribution < 1.29 is 9.53 Å². The highest BCUT2D eigenvalue weighted by molar-refractivity contribution is 5.89. The van der Waals surface area contributed by atoms with Gasteiger partial charge in [-0.05, 0) is 61.0 Å². The van der Waals surface area contributed by atoms with Crippen LogP contribution in [0.1, 0.15) is 5.56 Å². The van der Waals surface area contributed by atoms with Gasteiger partial charge in [0.1, 0.15) is 11.6 Å². The maximum absolute atomic E-state index is 12.5. The number of rotatable bonds is 5. The van der Waals surface area contributed by atoms with Crippen molar-refractivity contribution in [1.82, 2.24) is 20.1 Å². The normalized spacial score (nSPS) is 13.6. The second-order valence-corrected chi connectivity index (χ2v) is 7.25. The molecule has 9 heteroatoms. The molecule has 0 radical (unpaired) electrons. The van der Waals surface area contributed by atoms with Crippen LogP contribution in [0.3, 0.4) is 0 Å². The molecule has 0 spiro atoms. The fourth-order valence-electron chi connectivity index (χ4n) is 3.31. The third-order valence-electron chi connectivity index (χ3n) is 5.05. The Morgan fingerprint density at radius 1 is 0.968 bits per heavy atom. The second kappa shape index (κ2) is 9.29. The molecule has 3 heterocycles. The largest absolute Gasteiger partial charge is 0.497 e. The van der Waals surface area contributed by atoms with Gasteiger partial charge in [0.25, 0.3) is 0 Å². The number of aryl methyl sites for hydroxylation is 1. The quantitative estimate of drug-likeness (QED) is 0.655. The number of pyridine rings is 1. The number of piperazine rings is 1. The molecule has 0 saturated carbocycles. The molecule has 1 aromatic carbocycles. The summed E-state index contributed by atoms with van der Waals surface area (Å²) < 4.78 is 5.14. The molecular weight excluding hydrogens is 394 g/mol. The van der Waals surface area contributed by atoms with Gasteiger partial charge < -0.3 is 25.2 Å². The van der Waals surface area contributed by atoms with Crippen molar-refractivity contribution in [1.29, 1.82) is 0 Å². The smallest absolute Gasteiger partial charge is 0.321 e. The number of nitrogens with zero attached hydrogens (tertiary/aromatic N) is 5. The molecule has 2 N–H and O–H groups in total. The van der Waals surface area contributed by atoms with Crippen molar-refractivity contribution in [2.75, 3.05) is 48.8 Å². The summed E-state index contributed by atoms with van der Waals surface area (Å²) in [4.78, 5) is 20.7. The van der Waals surface area contributed by atoms with Crippen LogP contribution in [0.2, 0.25) is 0 Å². The maximum atomic E-state index is 12.5. The fourth-order valence-corrected chi connectivity index (χ4v) is 3.31. The van der Waals surface area contributed by atoms with Crippen molar-refractivity contribution in [2.45, 2.75) is 6.92 Å². The van der Waals surface area contributed by atoms with Crippen molar-refractivity contribution in [2.24, 2.45) is 0 Å². The highest BCUT2D eigenvalue weighted by Crippen LogP contribution is 2.18. The summed E-state index contributed by atoms with van der Waals surface area (Å²) in [7, 11) is 1.61. The molecule has 31 heavy (non-hydrogen) atoms. The van der Waals surface area contributed by atoms with Crippen LogP contribution in [0.25, 0.3) is 0 Å². The Bertz CT molecular complexity index is 1020. The van der Waals surface area contributed by atoms with E-state index in [0.717, 1.165) is 28.6 Å². The van der Waals surface area contributed by atoms with Crippen molar-refractivity contribution >= 4 is 29.2 Å². The van der Waals surface area contributed by atoms with Crippen LogP contribution in [-0.2, 0) is 0 Å². The molecule has 0 atom stereocenters. The van der Waals surface area contributed by atoms with Crippen LogP contribution in [-0.4, -0.2) is 59.4 Å². The summed E-state index contributed by atoms with van der Waals surface area (Å²) in [5, 5.41) is 14.7. The maximum Gasteiger partial charge on any atom is 0.321 e. The monoisotopic (exact) mass is 419 g/mol. The molecule has 4 rings (SSSR count). The van der Waals surface area contributed by atoms with E-state index in [0.29, 0.717) is 32.0 Å². The highest BCUT2D eigenvalue weighted by Gasteiger charge is 2.22. The summed E-state index contributed by atoms with van der Waals surface area (Å²) in [5.74, 6) is 2.92. The number of benzene rings is 1. The number of nitrogens with one attached hydrogen (secondary N) is 2. The van der Waals surface area contributed by atoms with Gasteiger partial charge in [-0.1, -0.05) is 0 Å². The lowest BCUT2D eigenvalue weighted by Gasteiger charge is -2.35. The van der Waals surface area contributed by atoms with E-state index in [-0.39, 0.29) is 6.03 Å². The van der Waals surface area contributed by atoms with E-state index in [2.05, 4.69) is 30.7 Å². The van der Waals surface area contributed by atoms with Gasteiger partial charge in [0.15, 0.2) is 11.6 Å². The van der Waals surface area contributed by atoms with E-state index >= 15 is 0 Å². The summed E-state index contributed by atoms with van der Waals surface area (Å²) in [5.41, 5.74) is 1.86. The molecule has 160 valence electrons. The molecule has 1 aliphatic heterocycles. The fraction of sp³-hybridized carbons (Fsp3) is 0.273. The molecule has 9 nitrogen and oxygen atoms in total. The first-order valence-corrected chi connectivity index (χ1v) is 10.1. The number of carbonyl (C=O) groups is 1. The van der Waals surface area contributed by atoms with Crippen LogP contribution in [0.4, 0.5) is 27.9 Å². The Labute approximate surface area is 181 Å². The first-order chi connectivity index (χ1) is 15.1. The average Bonchev–Trinajstić information content (AvgIpc) is 2.80. The Hall–Kier alpha value is -3.88. The lowest BCUT2D eigenvalue weighted by atomic mass is 10.3. The number of amides is 2. The third kappa shape index (κ3) is 5.19. The summed E-state index contributed by atoms with van der Waals surface area (Å²) in [6, 6.07) is 14.9. The number of methoxy groups -OCH3 is 1. The lowest BCUT2D eigenvalue weighted by Crippen LogP contribution is -2.50. The van der Waals surface area contributed by atoms with Crippen molar-refractivity contribution in [3.05, 3.63) is 60.3 Å². The first-order valence-electron chi connectivity index (χ1n) is 10.1. The number of aromatic nitrogens is 3. The summed E-state index contributed by atoms with van der Waals surface area (Å²) in [6.45, 7) is 4.61. The minimum absolute atomic E-state index is 0.110. The molecule has 1 saturated heterocycles. The highest BCUT2D eigenvalue weighted by atomic mass is 16.5. The topological polar surface area (TPSA) is 95.5 Å². The number of hydrogen-bond donors (Lipinski definition) is 2. The Morgan fingerprint density at radius 2 is 1.74 bits per heavy atom. The van der Waals surface area contributed by atoms with Gasteiger partial charge in [-0.15, -0.1) is 10.2 Å². The molecule has 3 aromatic rings. The molecule has 1 fully saturated rings. The van der Waals surface area contributed by atoms with Crippen LogP contribution in [0.15, 0.2) is 54.7 Å². The van der Waals surface area contributed by atoms with E-state index in [9.17, 15) is 4.79 Å². The van der Waals surface area contributed by atoms with Crippen molar-refractivity contribution in [3.8, 4) is 5.75 Å². The number of hydrogen-bond acceptors (Lipinski definition) is 7. The standard InChI is InChI=1S/C22H25N7O2/c1-16-9-10-23-20(15-16)25-19-7-8-21(27-26-19)28-11-13-29(14-12-28)22(30)24-17-3-5-18(31-2)6-4-17/h3-10,15H,11-14H2,1-2H3,(H,24,30)(H,23,25,26). The van der Waals surface area contributed by atoms with Crippen LogP contribution >= 0.6 is 0 Å². The summed E-state index contributed by atoms with van der Waals surface area (Å²) in [6.07, 6.45) is 1.75. The first kappa shape index (κ1) is 20.4. The van der Waals surface area contributed by atoms with Gasteiger partial charge in [0.2, 0.25) is 0 Å². The van der Waals surface area contributed by atoms with E-state index in [1.807, 2.05) is 55.5 Å².